The highest BCUT2D eigenvalue weighted by molar-refractivity contribution is 5.79. The Hall–Kier alpha value is -0.610. The molecule has 2 saturated heterocycles. The smallest absolute Gasteiger partial charge is 0.227 e. The predicted molar refractivity (Wildman–Crippen MR) is 64.3 cm³/mol. The SMILES string of the molecule is CN1CCCN(C(=O)[C@H]2CCCNC2)CC1. The van der Waals surface area contributed by atoms with Crippen molar-refractivity contribution < 1.29 is 4.79 Å². The van der Waals surface area contributed by atoms with Gasteiger partial charge in [0.15, 0.2) is 0 Å². The van der Waals surface area contributed by atoms with Gasteiger partial charge in [0.1, 0.15) is 0 Å². The van der Waals surface area contributed by atoms with Crippen LogP contribution in [0.25, 0.3) is 0 Å². The molecule has 2 heterocycles. The standard InChI is InChI=1S/C12H23N3O/c1-14-6-3-7-15(9-8-14)12(16)11-4-2-5-13-10-11/h11,13H,2-10H2,1H3/t11-/m0/s1. The predicted octanol–water partition coefficient (Wildman–Crippen LogP) is 0.150. The Kier molecular flexibility index (Phi) is 4.18. The van der Waals surface area contributed by atoms with E-state index >= 15 is 0 Å². The van der Waals surface area contributed by atoms with Gasteiger partial charge in [0.2, 0.25) is 5.91 Å². The zero-order valence-corrected chi connectivity index (χ0v) is 10.2. The van der Waals surface area contributed by atoms with Crippen LogP contribution in [0.3, 0.4) is 0 Å². The van der Waals surface area contributed by atoms with E-state index in [-0.39, 0.29) is 5.92 Å². The molecular weight excluding hydrogens is 202 g/mol. The summed E-state index contributed by atoms with van der Waals surface area (Å²) in [6.07, 6.45) is 3.32. The van der Waals surface area contributed by atoms with Gasteiger partial charge in [-0.3, -0.25) is 4.79 Å². The maximum absolute atomic E-state index is 12.3. The van der Waals surface area contributed by atoms with Gasteiger partial charge in [0.25, 0.3) is 0 Å². The highest BCUT2D eigenvalue weighted by Gasteiger charge is 2.26. The van der Waals surface area contributed by atoms with Crippen molar-refractivity contribution in [1.82, 2.24) is 15.1 Å². The van der Waals surface area contributed by atoms with Crippen molar-refractivity contribution in [3.8, 4) is 0 Å². The fourth-order valence-corrected chi connectivity index (χ4v) is 2.59. The van der Waals surface area contributed by atoms with E-state index in [0.29, 0.717) is 5.91 Å². The van der Waals surface area contributed by atoms with Crippen LogP contribution >= 0.6 is 0 Å². The Morgan fingerprint density at radius 2 is 2.06 bits per heavy atom. The zero-order chi connectivity index (χ0) is 11.4. The third-order valence-electron chi connectivity index (χ3n) is 3.68. The van der Waals surface area contributed by atoms with Crippen molar-refractivity contribution in [1.29, 1.82) is 0 Å². The van der Waals surface area contributed by atoms with Gasteiger partial charge < -0.3 is 15.1 Å². The van der Waals surface area contributed by atoms with Gasteiger partial charge in [-0.15, -0.1) is 0 Å². The molecular formula is C12H23N3O. The second-order valence-electron chi connectivity index (χ2n) is 5.03. The van der Waals surface area contributed by atoms with Crippen LogP contribution in [0.5, 0.6) is 0 Å². The minimum atomic E-state index is 0.233. The van der Waals surface area contributed by atoms with Crippen LogP contribution in [0.4, 0.5) is 0 Å². The fraction of sp³-hybridized carbons (Fsp3) is 0.917. The Labute approximate surface area is 98.0 Å². The zero-order valence-electron chi connectivity index (χ0n) is 10.2. The van der Waals surface area contributed by atoms with Crippen molar-refractivity contribution in [2.45, 2.75) is 19.3 Å². The fourth-order valence-electron chi connectivity index (χ4n) is 2.59. The molecule has 16 heavy (non-hydrogen) atoms. The molecule has 0 aromatic rings. The van der Waals surface area contributed by atoms with Crippen LogP contribution in [-0.4, -0.2) is 62.0 Å². The van der Waals surface area contributed by atoms with Crippen molar-refractivity contribution in [3.05, 3.63) is 0 Å². The molecule has 0 saturated carbocycles. The van der Waals surface area contributed by atoms with Crippen molar-refractivity contribution in [3.63, 3.8) is 0 Å². The number of nitrogens with one attached hydrogen (secondary N) is 1. The number of piperidine rings is 1. The molecule has 0 unspecified atom stereocenters. The molecule has 1 N–H and O–H groups in total. The van der Waals surface area contributed by atoms with E-state index in [2.05, 4.69) is 22.2 Å². The Balaban J connectivity index is 1.87. The average molecular weight is 225 g/mol. The molecule has 2 aliphatic rings. The van der Waals surface area contributed by atoms with Gasteiger partial charge in [-0.05, 0) is 39.4 Å². The molecule has 1 amide bonds. The molecule has 2 rings (SSSR count). The first-order chi connectivity index (χ1) is 7.77. The van der Waals surface area contributed by atoms with Crippen LogP contribution in [-0.2, 0) is 4.79 Å². The maximum atomic E-state index is 12.3. The maximum Gasteiger partial charge on any atom is 0.227 e. The van der Waals surface area contributed by atoms with E-state index in [0.717, 1.165) is 58.5 Å². The molecule has 2 aliphatic heterocycles. The molecule has 0 spiro atoms. The Morgan fingerprint density at radius 1 is 1.19 bits per heavy atom. The summed E-state index contributed by atoms with van der Waals surface area (Å²) in [5, 5.41) is 3.32. The van der Waals surface area contributed by atoms with Gasteiger partial charge in [0, 0.05) is 26.2 Å². The lowest BCUT2D eigenvalue weighted by Crippen LogP contribution is -2.44. The second-order valence-corrected chi connectivity index (χ2v) is 5.03. The number of amides is 1. The number of carbonyl (C=O) groups is 1. The highest BCUT2D eigenvalue weighted by atomic mass is 16.2. The van der Waals surface area contributed by atoms with E-state index in [1.165, 1.54) is 0 Å². The first-order valence-corrected chi connectivity index (χ1v) is 6.45. The van der Waals surface area contributed by atoms with Crippen LogP contribution in [0.15, 0.2) is 0 Å². The highest BCUT2D eigenvalue weighted by Crippen LogP contribution is 2.14. The summed E-state index contributed by atoms with van der Waals surface area (Å²) in [6.45, 7) is 5.95. The summed E-state index contributed by atoms with van der Waals surface area (Å²) in [5.74, 6) is 0.611. The minimum Gasteiger partial charge on any atom is -0.341 e. The molecule has 0 bridgehead atoms. The summed E-state index contributed by atoms with van der Waals surface area (Å²) < 4.78 is 0. The molecule has 1 atom stereocenters. The minimum absolute atomic E-state index is 0.233. The Morgan fingerprint density at radius 3 is 2.81 bits per heavy atom. The van der Waals surface area contributed by atoms with E-state index in [1.807, 2.05) is 0 Å². The van der Waals surface area contributed by atoms with Gasteiger partial charge in [0.05, 0.1) is 5.92 Å². The number of nitrogens with zero attached hydrogens (tertiary/aromatic N) is 2. The van der Waals surface area contributed by atoms with Crippen LogP contribution < -0.4 is 5.32 Å². The molecule has 0 aromatic carbocycles. The molecule has 4 heteroatoms. The molecule has 92 valence electrons. The van der Waals surface area contributed by atoms with Crippen LogP contribution in [0.2, 0.25) is 0 Å². The van der Waals surface area contributed by atoms with Gasteiger partial charge >= 0.3 is 0 Å². The number of likely N-dealkylation sites (N-methyl/N-ethyl adjacent to an activating group) is 1. The molecule has 0 radical (unpaired) electrons. The summed E-state index contributed by atoms with van der Waals surface area (Å²) in [4.78, 5) is 16.7. The van der Waals surface area contributed by atoms with Gasteiger partial charge in [-0.1, -0.05) is 0 Å². The molecule has 0 aromatic heterocycles. The van der Waals surface area contributed by atoms with Crippen LogP contribution in [0.1, 0.15) is 19.3 Å². The van der Waals surface area contributed by atoms with Crippen molar-refractivity contribution in [2.75, 3.05) is 46.3 Å². The van der Waals surface area contributed by atoms with Gasteiger partial charge in [-0.2, -0.15) is 0 Å². The number of rotatable bonds is 1. The van der Waals surface area contributed by atoms with Crippen molar-refractivity contribution in [2.24, 2.45) is 5.92 Å². The Bertz CT molecular complexity index is 238. The summed E-state index contributed by atoms with van der Waals surface area (Å²) >= 11 is 0. The molecule has 0 aliphatic carbocycles. The first kappa shape index (κ1) is 11.9. The lowest BCUT2D eigenvalue weighted by atomic mass is 9.98. The van der Waals surface area contributed by atoms with Crippen LogP contribution in [0, 0.1) is 5.92 Å². The van der Waals surface area contributed by atoms with E-state index in [4.69, 9.17) is 0 Å². The average Bonchev–Trinajstić information content (AvgIpc) is 2.54. The van der Waals surface area contributed by atoms with Gasteiger partial charge in [-0.25, -0.2) is 0 Å². The van der Waals surface area contributed by atoms with E-state index in [1.54, 1.807) is 0 Å². The number of carbonyl (C=O) groups excluding carboxylic acids is 1. The number of hydrogen-bond acceptors (Lipinski definition) is 3. The molecule has 4 nitrogen and oxygen atoms in total. The van der Waals surface area contributed by atoms with Crippen molar-refractivity contribution >= 4 is 5.91 Å². The third kappa shape index (κ3) is 2.95. The van der Waals surface area contributed by atoms with E-state index < -0.39 is 0 Å². The largest absolute Gasteiger partial charge is 0.341 e. The third-order valence-corrected chi connectivity index (χ3v) is 3.68. The first-order valence-electron chi connectivity index (χ1n) is 6.45. The lowest BCUT2D eigenvalue weighted by Gasteiger charge is -2.28. The quantitative estimate of drug-likeness (QED) is 0.690. The monoisotopic (exact) mass is 225 g/mol. The number of hydrogen-bond donors (Lipinski definition) is 1. The summed E-state index contributed by atoms with van der Waals surface area (Å²) in [7, 11) is 2.14. The topological polar surface area (TPSA) is 35.6 Å². The lowest BCUT2D eigenvalue weighted by molar-refractivity contribution is -0.135. The normalized spacial score (nSPS) is 28.8. The van der Waals surface area contributed by atoms with E-state index in [9.17, 15) is 4.79 Å². The molecule has 2 fully saturated rings. The summed E-state index contributed by atoms with van der Waals surface area (Å²) in [6, 6.07) is 0. The summed E-state index contributed by atoms with van der Waals surface area (Å²) in [5.41, 5.74) is 0. The second kappa shape index (κ2) is 5.64.